The van der Waals surface area contributed by atoms with Crippen molar-refractivity contribution in [2.45, 2.75) is 31.4 Å². The van der Waals surface area contributed by atoms with Crippen LogP contribution in [0.3, 0.4) is 0 Å². The van der Waals surface area contributed by atoms with Crippen LogP contribution in [0, 0.1) is 0 Å². The number of halogens is 3. The maximum absolute atomic E-state index is 11.5. The molecule has 92 valence electrons. The Hall–Kier alpha value is 0.0200. The van der Waals surface area contributed by atoms with Crippen molar-refractivity contribution in [2.24, 2.45) is 0 Å². The lowest BCUT2D eigenvalue weighted by molar-refractivity contribution is -0.0417. The van der Waals surface area contributed by atoms with E-state index < -0.39 is 17.6 Å². The first kappa shape index (κ1) is 15.0. The summed E-state index contributed by atoms with van der Waals surface area (Å²) in [6, 6.07) is 0. The smallest absolute Gasteiger partial charge is 0.397 e. The van der Waals surface area contributed by atoms with Crippen LogP contribution in [0.25, 0.3) is 0 Å². The van der Waals surface area contributed by atoms with Crippen LogP contribution in [-0.2, 0) is 8.92 Å². The van der Waals surface area contributed by atoms with Gasteiger partial charge in [-0.25, -0.2) is 0 Å². The first-order chi connectivity index (χ1) is 6.99. The second kappa shape index (κ2) is 8.20. The van der Waals surface area contributed by atoms with E-state index in [1.165, 1.54) is 0 Å². The minimum atomic E-state index is -4.31. The maximum atomic E-state index is 11.5. The van der Waals surface area contributed by atoms with Gasteiger partial charge < -0.3 is 14.0 Å². The van der Waals surface area contributed by atoms with Crippen molar-refractivity contribution in [1.82, 2.24) is 0 Å². The van der Waals surface area contributed by atoms with Gasteiger partial charge in [-0.15, -0.1) is 0 Å². The molecule has 1 atom stereocenters. The number of hydrogen-bond acceptors (Lipinski definition) is 4. The summed E-state index contributed by atoms with van der Waals surface area (Å²) in [5.74, 6) is 0. The van der Waals surface area contributed by atoms with Crippen LogP contribution in [-0.4, -0.2) is 36.5 Å². The molecule has 15 heavy (non-hydrogen) atoms. The minimum Gasteiger partial charge on any atom is -0.397 e. The van der Waals surface area contributed by atoms with Crippen molar-refractivity contribution < 1.29 is 27.2 Å². The molecule has 0 aromatic carbocycles. The largest absolute Gasteiger partial charge is 0.467 e. The molecule has 1 fully saturated rings. The third-order valence-electron chi connectivity index (χ3n) is 1.43. The zero-order valence-corrected chi connectivity index (χ0v) is 9.24. The molecule has 0 bridgehead atoms. The summed E-state index contributed by atoms with van der Waals surface area (Å²) in [7, 11) is 0. The van der Waals surface area contributed by atoms with Gasteiger partial charge in [-0.1, -0.05) is 0 Å². The highest BCUT2D eigenvalue weighted by molar-refractivity contribution is 7.95. The third-order valence-corrected chi connectivity index (χ3v) is 1.87. The number of rotatable bonds is 3. The van der Waals surface area contributed by atoms with Crippen LogP contribution >= 0.6 is 12.0 Å². The Bertz CT molecular complexity index is 149. The molecule has 1 saturated heterocycles. The molecule has 0 aromatic rings. The summed E-state index contributed by atoms with van der Waals surface area (Å²) in [5, 5.41) is 7.57. The molecule has 0 saturated carbocycles. The first-order valence-electron chi connectivity index (χ1n) is 4.59. The second-order valence-corrected chi connectivity index (χ2v) is 3.63. The number of alkyl halides is 3. The lowest BCUT2D eigenvalue weighted by Gasteiger charge is -2.09. The van der Waals surface area contributed by atoms with Crippen molar-refractivity contribution in [3.05, 3.63) is 0 Å². The van der Waals surface area contributed by atoms with Crippen LogP contribution in [0.4, 0.5) is 13.2 Å². The summed E-state index contributed by atoms with van der Waals surface area (Å²) in [6.45, 7) is 2.58. The molecule has 1 rings (SSSR count). The van der Waals surface area contributed by atoms with E-state index >= 15 is 0 Å². The average Bonchev–Trinajstić information content (AvgIpc) is 2.55. The van der Waals surface area contributed by atoms with Crippen LogP contribution in [0.1, 0.15) is 19.8 Å². The standard InChI is InChI=1S/C6H9F3O2S.C2H6O/c7-6(8,9)12-11-4-5-2-1-3-10-5;1-2-3/h5H,1-4H2;3H,2H2,1H3. The summed E-state index contributed by atoms with van der Waals surface area (Å²) >= 11 is -0.460. The lowest BCUT2D eigenvalue weighted by atomic mass is 10.2. The molecule has 0 amide bonds. The predicted molar refractivity (Wildman–Crippen MR) is 51.3 cm³/mol. The molecular weight excluding hydrogens is 233 g/mol. The molecular formula is C8H15F3O3S. The summed E-state index contributed by atoms with van der Waals surface area (Å²) < 4.78 is 44.0. The monoisotopic (exact) mass is 248 g/mol. The van der Waals surface area contributed by atoms with Crippen LogP contribution < -0.4 is 0 Å². The quantitative estimate of drug-likeness (QED) is 0.778. The predicted octanol–water partition coefficient (Wildman–Crippen LogP) is 2.35. The third kappa shape index (κ3) is 10.3. The Morgan fingerprint density at radius 2 is 2.13 bits per heavy atom. The van der Waals surface area contributed by atoms with Gasteiger partial charge in [-0.2, -0.15) is 13.2 Å². The van der Waals surface area contributed by atoms with Crippen molar-refractivity contribution in [2.75, 3.05) is 19.8 Å². The van der Waals surface area contributed by atoms with Crippen molar-refractivity contribution in [3.8, 4) is 0 Å². The van der Waals surface area contributed by atoms with E-state index in [9.17, 15) is 13.2 Å². The van der Waals surface area contributed by atoms with Crippen molar-refractivity contribution >= 4 is 12.0 Å². The number of aliphatic hydroxyl groups is 1. The van der Waals surface area contributed by atoms with Gasteiger partial charge in [0.05, 0.1) is 12.7 Å². The molecule has 0 radical (unpaired) electrons. The van der Waals surface area contributed by atoms with Gasteiger partial charge in [0.25, 0.3) is 0 Å². The highest BCUT2D eigenvalue weighted by Gasteiger charge is 2.30. The van der Waals surface area contributed by atoms with Gasteiger partial charge in [0.2, 0.25) is 0 Å². The number of ether oxygens (including phenoxy) is 1. The fourth-order valence-corrected chi connectivity index (χ4v) is 1.31. The van der Waals surface area contributed by atoms with Gasteiger partial charge in [-0.3, -0.25) is 0 Å². The molecule has 3 nitrogen and oxygen atoms in total. The van der Waals surface area contributed by atoms with Gasteiger partial charge in [0.15, 0.2) is 0 Å². The molecule has 1 heterocycles. The van der Waals surface area contributed by atoms with Crippen LogP contribution in [0.5, 0.6) is 0 Å². The minimum absolute atomic E-state index is 0.0180. The zero-order valence-electron chi connectivity index (χ0n) is 8.42. The highest BCUT2D eigenvalue weighted by atomic mass is 32.2. The van der Waals surface area contributed by atoms with E-state index in [0.29, 0.717) is 6.61 Å². The fourth-order valence-electron chi connectivity index (χ4n) is 0.953. The van der Waals surface area contributed by atoms with Crippen LogP contribution in [0.15, 0.2) is 0 Å². The molecule has 0 aliphatic carbocycles. The summed E-state index contributed by atoms with van der Waals surface area (Å²) in [5.41, 5.74) is -4.31. The van der Waals surface area contributed by atoms with Crippen molar-refractivity contribution in [3.63, 3.8) is 0 Å². The Morgan fingerprint density at radius 3 is 2.53 bits per heavy atom. The van der Waals surface area contributed by atoms with E-state index in [1.54, 1.807) is 6.92 Å². The molecule has 0 aromatic heterocycles. The summed E-state index contributed by atoms with van der Waals surface area (Å²) in [4.78, 5) is 0. The number of aliphatic hydroxyl groups excluding tert-OH is 1. The number of hydrogen-bond donors (Lipinski definition) is 1. The van der Waals surface area contributed by atoms with E-state index in [4.69, 9.17) is 9.84 Å². The molecule has 1 N–H and O–H groups in total. The highest BCUT2D eigenvalue weighted by Crippen LogP contribution is 2.31. The van der Waals surface area contributed by atoms with Gasteiger partial charge in [-0.05, 0) is 19.8 Å². The summed E-state index contributed by atoms with van der Waals surface area (Å²) in [6.07, 6.45) is 1.54. The lowest BCUT2D eigenvalue weighted by Crippen LogP contribution is -2.13. The normalized spacial score (nSPS) is 21.0. The fraction of sp³-hybridized carbons (Fsp3) is 1.00. The van der Waals surface area contributed by atoms with Gasteiger partial charge in [0.1, 0.15) is 12.0 Å². The Balaban J connectivity index is 0.000000583. The van der Waals surface area contributed by atoms with E-state index in [1.807, 2.05) is 0 Å². The Morgan fingerprint density at radius 1 is 1.53 bits per heavy atom. The molecule has 1 aliphatic heterocycles. The van der Waals surface area contributed by atoms with E-state index in [0.717, 1.165) is 12.8 Å². The van der Waals surface area contributed by atoms with Crippen LogP contribution in [0.2, 0.25) is 0 Å². The van der Waals surface area contributed by atoms with E-state index in [-0.39, 0.29) is 19.3 Å². The Labute approximate surface area is 91.1 Å². The average molecular weight is 248 g/mol. The molecule has 0 spiro atoms. The molecule has 1 unspecified atom stereocenters. The van der Waals surface area contributed by atoms with Crippen molar-refractivity contribution in [1.29, 1.82) is 0 Å². The molecule has 1 aliphatic rings. The van der Waals surface area contributed by atoms with Gasteiger partial charge in [0, 0.05) is 13.2 Å². The SMILES string of the molecule is CCO.FC(F)(F)SOCC1CCCO1. The molecule has 7 heteroatoms. The van der Waals surface area contributed by atoms with E-state index in [2.05, 4.69) is 4.18 Å². The first-order valence-corrected chi connectivity index (χ1v) is 5.33. The topological polar surface area (TPSA) is 38.7 Å². The maximum Gasteiger partial charge on any atom is 0.467 e. The second-order valence-electron chi connectivity index (χ2n) is 2.76. The van der Waals surface area contributed by atoms with Gasteiger partial charge >= 0.3 is 5.51 Å². The zero-order chi connectivity index (χ0) is 11.7. The Kier molecular flexibility index (Phi) is 8.22.